The first-order valence-corrected chi connectivity index (χ1v) is 17.2. The van der Waals surface area contributed by atoms with Gasteiger partial charge >= 0.3 is 12.0 Å². The molecule has 6 amide bonds. The summed E-state index contributed by atoms with van der Waals surface area (Å²) in [6, 6.07) is 4.25. The van der Waals surface area contributed by atoms with Gasteiger partial charge in [-0.05, 0) is 75.5 Å². The molecule has 0 spiro atoms. The molecule has 1 rings (SSSR count). The Bertz CT molecular complexity index is 1250. The molecule has 0 fully saturated rings. The van der Waals surface area contributed by atoms with Gasteiger partial charge in [-0.25, -0.2) is 4.79 Å². The minimum absolute atomic E-state index is 0.0148. The first kappa shape index (κ1) is 42.9. The average Bonchev–Trinajstić information content (AvgIpc) is 3.00. The lowest BCUT2D eigenvalue weighted by Crippen LogP contribution is -2.54. The molecule has 0 aliphatic rings. The number of esters is 1. The van der Waals surface area contributed by atoms with E-state index in [0.717, 1.165) is 18.4 Å². The van der Waals surface area contributed by atoms with Gasteiger partial charge in [-0.15, -0.1) is 0 Å². The lowest BCUT2D eigenvalue weighted by atomic mass is 9.81. The van der Waals surface area contributed by atoms with Crippen molar-refractivity contribution < 1.29 is 33.5 Å². The third-order valence-corrected chi connectivity index (χ3v) is 8.14. The maximum atomic E-state index is 13.4. The van der Waals surface area contributed by atoms with Gasteiger partial charge in [0.2, 0.25) is 23.6 Å². The molecule has 13 heteroatoms. The van der Waals surface area contributed by atoms with Crippen molar-refractivity contribution in [2.75, 3.05) is 18.4 Å². The Morgan fingerprint density at radius 1 is 0.755 bits per heavy atom. The van der Waals surface area contributed by atoms with E-state index in [9.17, 15) is 28.8 Å². The smallest absolute Gasteiger partial charge is 0.312 e. The number of carbonyl (C=O) groups is 6. The van der Waals surface area contributed by atoms with E-state index in [1.807, 2.05) is 27.7 Å². The zero-order valence-electron chi connectivity index (χ0n) is 30.9. The van der Waals surface area contributed by atoms with Crippen molar-refractivity contribution in [3.63, 3.8) is 0 Å². The van der Waals surface area contributed by atoms with Crippen molar-refractivity contribution in [3.05, 3.63) is 29.8 Å². The van der Waals surface area contributed by atoms with Gasteiger partial charge in [0, 0.05) is 31.1 Å². The summed E-state index contributed by atoms with van der Waals surface area (Å²) in [4.78, 5) is 75.0. The Hall–Kier alpha value is -4.16. The van der Waals surface area contributed by atoms with Crippen molar-refractivity contribution in [1.82, 2.24) is 21.3 Å². The number of ether oxygens (including phenoxy) is 1. The highest BCUT2D eigenvalue weighted by Gasteiger charge is 2.29. The molecule has 49 heavy (non-hydrogen) atoms. The minimum Gasteiger partial charge on any atom is -0.460 e. The van der Waals surface area contributed by atoms with E-state index in [-0.39, 0.29) is 61.0 Å². The molecular weight excluding hydrogens is 628 g/mol. The Kier molecular flexibility index (Phi) is 17.8. The molecular formula is C36H60N6O7. The molecule has 7 N–H and O–H groups in total. The lowest BCUT2D eigenvalue weighted by molar-refractivity contribution is -0.154. The van der Waals surface area contributed by atoms with Gasteiger partial charge in [-0.1, -0.05) is 60.1 Å². The largest absolute Gasteiger partial charge is 0.460 e. The van der Waals surface area contributed by atoms with Crippen LogP contribution in [0.2, 0.25) is 0 Å². The van der Waals surface area contributed by atoms with E-state index < -0.39 is 35.3 Å². The third kappa shape index (κ3) is 17.2. The number of benzene rings is 1. The number of nitrogens with one attached hydrogen (secondary N) is 5. The predicted molar refractivity (Wildman–Crippen MR) is 190 cm³/mol. The number of hydrogen-bond acceptors (Lipinski definition) is 7. The number of nitrogens with two attached hydrogens (primary N) is 1. The van der Waals surface area contributed by atoms with Crippen LogP contribution >= 0.6 is 0 Å². The van der Waals surface area contributed by atoms with E-state index >= 15 is 0 Å². The maximum Gasteiger partial charge on any atom is 0.312 e. The molecule has 1 aromatic carbocycles. The molecule has 0 heterocycles. The van der Waals surface area contributed by atoms with Gasteiger partial charge in [0.25, 0.3) is 0 Å². The summed E-state index contributed by atoms with van der Waals surface area (Å²) in [5, 5.41) is 13.8. The van der Waals surface area contributed by atoms with Crippen LogP contribution in [0, 0.1) is 22.7 Å². The van der Waals surface area contributed by atoms with Crippen molar-refractivity contribution in [3.8, 4) is 0 Å². The van der Waals surface area contributed by atoms with Crippen LogP contribution in [-0.4, -0.2) is 60.8 Å². The quantitative estimate of drug-likeness (QED) is 0.0927. The lowest BCUT2D eigenvalue weighted by Gasteiger charge is -2.26. The molecule has 0 radical (unpaired) electrons. The monoisotopic (exact) mass is 688 g/mol. The third-order valence-electron chi connectivity index (χ3n) is 8.14. The van der Waals surface area contributed by atoms with E-state index in [2.05, 4.69) is 26.6 Å². The van der Waals surface area contributed by atoms with Crippen molar-refractivity contribution >= 4 is 41.3 Å². The molecule has 0 saturated carbocycles. The van der Waals surface area contributed by atoms with E-state index in [1.165, 1.54) is 0 Å². The molecule has 0 bridgehead atoms. The first-order chi connectivity index (χ1) is 22.7. The second kappa shape index (κ2) is 20.4. The summed E-state index contributed by atoms with van der Waals surface area (Å²) in [5.41, 5.74) is 5.63. The molecule has 0 aliphatic carbocycles. The number of primary amides is 1. The molecule has 276 valence electrons. The summed E-state index contributed by atoms with van der Waals surface area (Å²) in [5.74, 6) is -1.94. The molecule has 0 saturated heterocycles. The number of amides is 6. The van der Waals surface area contributed by atoms with Gasteiger partial charge in [-0.2, -0.15) is 0 Å². The summed E-state index contributed by atoms with van der Waals surface area (Å²) in [6.07, 6.45) is 2.84. The van der Waals surface area contributed by atoms with Crippen LogP contribution < -0.4 is 32.3 Å². The molecule has 0 aliphatic heterocycles. The van der Waals surface area contributed by atoms with Crippen molar-refractivity contribution in [1.29, 1.82) is 0 Å². The predicted octanol–water partition coefficient (Wildman–Crippen LogP) is 4.15. The highest BCUT2D eigenvalue weighted by atomic mass is 16.5. The molecule has 0 aromatic heterocycles. The van der Waals surface area contributed by atoms with Gasteiger partial charge in [0.05, 0.1) is 5.41 Å². The number of unbranched alkanes of at least 4 members (excludes halogenated alkanes) is 2. The van der Waals surface area contributed by atoms with Gasteiger partial charge in [-0.3, -0.25) is 24.0 Å². The SMILES string of the molecule is CC(C)C(NC(=O)CCCCCNC(=O)C(C)C(C)(C)C)C(=O)N[C@@H](CCCNC(N)=O)C(=O)Nc1ccc(COC(=O)C(C)(C)C)cc1. The molecule has 1 aromatic rings. The zero-order chi connectivity index (χ0) is 37.4. The summed E-state index contributed by atoms with van der Waals surface area (Å²) in [7, 11) is 0. The summed E-state index contributed by atoms with van der Waals surface area (Å²) in [6.45, 7) is 17.7. The van der Waals surface area contributed by atoms with Crippen LogP contribution in [0.5, 0.6) is 0 Å². The number of rotatable bonds is 19. The fourth-order valence-corrected chi connectivity index (χ4v) is 4.45. The highest BCUT2D eigenvalue weighted by molar-refractivity contribution is 5.98. The highest BCUT2D eigenvalue weighted by Crippen LogP contribution is 2.25. The topological polar surface area (TPSA) is 198 Å². The Balaban J connectivity index is 2.76. The standard InChI is InChI=1S/C36H60N6O7/c1-23(2)29(42-28(43)15-11-10-12-20-38-30(44)24(3)35(4,5)6)32(46)41-27(14-13-21-39-34(37)48)31(45)40-26-18-16-25(17-19-26)22-49-33(47)36(7,8)9/h16-19,23-24,27,29H,10-15,20-22H2,1-9H3,(H,38,44)(H,40,45)(H,41,46)(H,42,43)(H3,37,39,48)/t24?,27-,29?/m0/s1. The zero-order valence-corrected chi connectivity index (χ0v) is 30.9. The molecule has 13 nitrogen and oxygen atoms in total. The van der Waals surface area contributed by atoms with Crippen LogP contribution in [0.3, 0.4) is 0 Å². The number of urea groups is 1. The van der Waals surface area contributed by atoms with Crippen LogP contribution in [0.1, 0.15) is 106 Å². The number of hydrogen-bond donors (Lipinski definition) is 6. The molecule has 2 unspecified atom stereocenters. The fourth-order valence-electron chi connectivity index (χ4n) is 4.45. The van der Waals surface area contributed by atoms with Crippen LogP contribution in [0.4, 0.5) is 10.5 Å². The maximum absolute atomic E-state index is 13.4. The van der Waals surface area contributed by atoms with Crippen LogP contribution in [0.25, 0.3) is 0 Å². The van der Waals surface area contributed by atoms with Gasteiger partial charge < -0.3 is 37.1 Å². The van der Waals surface area contributed by atoms with Crippen molar-refractivity contribution in [2.45, 2.75) is 120 Å². The number of anilines is 1. The Labute approximate surface area is 292 Å². The Morgan fingerprint density at radius 3 is 1.92 bits per heavy atom. The number of carbonyl (C=O) groups excluding carboxylic acids is 6. The second-order valence-electron chi connectivity index (χ2n) is 15.0. The average molecular weight is 689 g/mol. The first-order valence-electron chi connectivity index (χ1n) is 17.2. The van der Waals surface area contributed by atoms with Crippen LogP contribution in [-0.2, 0) is 35.3 Å². The summed E-state index contributed by atoms with van der Waals surface area (Å²) >= 11 is 0. The second-order valence-corrected chi connectivity index (χ2v) is 15.0. The van der Waals surface area contributed by atoms with E-state index in [0.29, 0.717) is 25.1 Å². The Morgan fingerprint density at radius 2 is 1.37 bits per heavy atom. The summed E-state index contributed by atoms with van der Waals surface area (Å²) < 4.78 is 5.34. The molecule has 3 atom stereocenters. The van der Waals surface area contributed by atoms with E-state index in [1.54, 1.807) is 58.9 Å². The minimum atomic E-state index is -0.969. The van der Waals surface area contributed by atoms with E-state index in [4.69, 9.17) is 10.5 Å². The van der Waals surface area contributed by atoms with Crippen molar-refractivity contribution in [2.24, 2.45) is 28.4 Å². The normalized spacial score (nSPS) is 13.4. The van der Waals surface area contributed by atoms with Gasteiger partial charge in [0.15, 0.2) is 0 Å². The fraction of sp³-hybridized carbons (Fsp3) is 0.667. The van der Waals surface area contributed by atoms with Gasteiger partial charge in [0.1, 0.15) is 18.7 Å². The van der Waals surface area contributed by atoms with Crippen LogP contribution in [0.15, 0.2) is 24.3 Å².